The van der Waals surface area contributed by atoms with Crippen molar-refractivity contribution >= 4 is 16.0 Å². The first-order valence-corrected chi connectivity index (χ1v) is 20.3. The second-order valence-electron chi connectivity index (χ2n) is 13.2. The van der Waals surface area contributed by atoms with E-state index >= 15 is 0 Å². The number of rotatable bonds is 34. The molecule has 0 aromatic rings. The van der Waals surface area contributed by atoms with Gasteiger partial charge in [-0.2, -0.15) is 8.42 Å². The summed E-state index contributed by atoms with van der Waals surface area (Å²) in [6.07, 6.45) is 34.4. The number of hydrogen-bond donors (Lipinski definition) is 2. The molecule has 2 N–H and O–H groups in total. The lowest BCUT2D eigenvalue weighted by Gasteiger charge is -2.25. The molecule has 0 aliphatic heterocycles. The Hall–Kier alpha value is -0.660. The van der Waals surface area contributed by atoms with Gasteiger partial charge in [-0.3, -0.25) is 9.35 Å². The third kappa shape index (κ3) is 32.5. The molecule has 0 aliphatic rings. The van der Waals surface area contributed by atoms with Crippen molar-refractivity contribution in [3.63, 3.8) is 0 Å². The van der Waals surface area contributed by atoms with Gasteiger partial charge in [0.1, 0.15) is 0 Å². The second-order valence-corrected chi connectivity index (χ2v) is 14.7. The Morgan fingerprint density at radius 3 is 1.23 bits per heavy atom. The number of hydrogen-bond acceptors (Lipinski definition) is 4. The highest BCUT2D eigenvalue weighted by atomic mass is 32.2. The van der Waals surface area contributed by atoms with Crippen LogP contribution in [0.2, 0.25) is 0 Å². The van der Waals surface area contributed by atoms with Crippen molar-refractivity contribution in [1.29, 1.82) is 0 Å². The van der Waals surface area contributed by atoms with E-state index in [1.165, 1.54) is 146 Å². The molecule has 0 radical (unpaired) electrons. The highest BCUT2D eigenvalue weighted by molar-refractivity contribution is 7.85. The lowest BCUT2D eigenvalue weighted by molar-refractivity contribution is -0.132. The molecule has 43 heavy (non-hydrogen) atoms. The molecule has 0 spiro atoms. The lowest BCUT2D eigenvalue weighted by Crippen LogP contribution is -2.40. The molecule has 1 amide bonds. The zero-order chi connectivity index (χ0) is 31.9. The van der Waals surface area contributed by atoms with Crippen LogP contribution in [0.15, 0.2) is 0 Å². The van der Waals surface area contributed by atoms with E-state index in [0.717, 1.165) is 32.1 Å². The topological polar surface area (TPSA) is 94.9 Å². The molecular formula is C36H73NO5S. The quantitative estimate of drug-likeness (QED) is 0.0544. The van der Waals surface area contributed by atoms with Crippen LogP contribution in [0.25, 0.3) is 0 Å². The van der Waals surface area contributed by atoms with Crippen molar-refractivity contribution in [2.75, 3.05) is 18.8 Å². The van der Waals surface area contributed by atoms with Gasteiger partial charge in [0, 0.05) is 19.5 Å². The van der Waals surface area contributed by atoms with Gasteiger partial charge in [0.25, 0.3) is 10.1 Å². The number of amides is 1. The lowest BCUT2D eigenvalue weighted by atomic mass is 10.0. The fourth-order valence-corrected chi connectivity index (χ4v) is 6.37. The molecule has 0 aromatic carbocycles. The number of aliphatic hydroxyl groups is 1. The first-order valence-electron chi connectivity index (χ1n) is 18.7. The molecule has 0 rings (SSSR count). The van der Waals surface area contributed by atoms with Crippen LogP contribution in [-0.4, -0.2) is 53.8 Å². The van der Waals surface area contributed by atoms with Crippen molar-refractivity contribution in [2.24, 2.45) is 0 Å². The van der Waals surface area contributed by atoms with Gasteiger partial charge in [-0.05, 0) is 12.8 Å². The Kier molecular flexibility index (Phi) is 30.8. The summed E-state index contributed by atoms with van der Waals surface area (Å²) in [6.45, 7) is 4.59. The van der Waals surface area contributed by atoms with Crippen molar-refractivity contribution in [1.82, 2.24) is 4.90 Å². The molecule has 6 nitrogen and oxygen atoms in total. The normalized spacial score (nSPS) is 12.6. The molecule has 1 unspecified atom stereocenters. The minimum Gasteiger partial charge on any atom is -0.391 e. The number of carbonyl (C=O) groups excluding carboxylic acids is 1. The molecule has 7 heteroatoms. The molecule has 0 saturated carbocycles. The number of nitrogens with zero attached hydrogens (tertiary/aromatic N) is 1. The molecule has 0 saturated heterocycles. The van der Waals surface area contributed by atoms with Gasteiger partial charge in [-0.25, -0.2) is 0 Å². The predicted octanol–water partition coefficient (Wildman–Crippen LogP) is 10.4. The van der Waals surface area contributed by atoms with Gasteiger partial charge in [0.05, 0.1) is 11.9 Å². The monoisotopic (exact) mass is 632 g/mol. The van der Waals surface area contributed by atoms with Gasteiger partial charge in [-0.1, -0.05) is 181 Å². The molecule has 0 fully saturated rings. The highest BCUT2D eigenvalue weighted by Gasteiger charge is 2.19. The fraction of sp³-hybridized carbons (Fsp3) is 0.972. The maximum atomic E-state index is 12.8. The summed E-state index contributed by atoms with van der Waals surface area (Å²) in [4.78, 5) is 14.3. The Bertz CT molecular complexity index is 700. The first kappa shape index (κ1) is 42.3. The second kappa shape index (κ2) is 31.3. The van der Waals surface area contributed by atoms with Crippen LogP contribution in [0.3, 0.4) is 0 Å². The minimum absolute atomic E-state index is 0.0636. The number of carbonyl (C=O) groups is 1. The molecule has 0 bridgehead atoms. The summed E-state index contributed by atoms with van der Waals surface area (Å²) in [5.74, 6) is -0.602. The van der Waals surface area contributed by atoms with E-state index in [2.05, 4.69) is 13.8 Å². The van der Waals surface area contributed by atoms with Gasteiger partial charge in [0.2, 0.25) is 5.91 Å². The zero-order valence-electron chi connectivity index (χ0n) is 28.7. The summed E-state index contributed by atoms with van der Waals surface area (Å²) in [6, 6.07) is 0. The van der Waals surface area contributed by atoms with Crippen molar-refractivity contribution < 1.29 is 22.9 Å². The van der Waals surface area contributed by atoms with Crippen LogP contribution in [0.4, 0.5) is 0 Å². The van der Waals surface area contributed by atoms with Crippen LogP contribution in [0.1, 0.15) is 200 Å². The van der Waals surface area contributed by atoms with Crippen molar-refractivity contribution in [3.8, 4) is 0 Å². The summed E-state index contributed by atoms with van der Waals surface area (Å²) in [5, 5.41) is 10.6. The van der Waals surface area contributed by atoms with Crippen LogP contribution in [0.5, 0.6) is 0 Å². The van der Waals surface area contributed by atoms with E-state index in [1.807, 2.05) is 0 Å². The van der Waals surface area contributed by atoms with Crippen LogP contribution in [-0.2, 0) is 14.9 Å². The van der Waals surface area contributed by atoms with Gasteiger partial charge >= 0.3 is 0 Å². The number of unbranched alkanes of at least 4 members (excludes halogenated alkanes) is 25. The van der Waals surface area contributed by atoms with E-state index < -0.39 is 22.0 Å². The third-order valence-corrected chi connectivity index (χ3v) is 9.49. The maximum absolute atomic E-state index is 12.8. The fourth-order valence-electron chi connectivity index (χ4n) is 5.92. The predicted molar refractivity (Wildman–Crippen MR) is 184 cm³/mol. The molecule has 0 heterocycles. The van der Waals surface area contributed by atoms with Crippen LogP contribution in [0, 0.1) is 0 Å². The van der Waals surface area contributed by atoms with E-state index in [4.69, 9.17) is 0 Å². The molecular weight excluding hydrogens is 558 g/mol. The number of aliphatic hydroxyl groups excluding tert-OH is 1. The highest BCUT2D eigenvalue weighted by Crippen LogP contribution is 2.16. The summed E-state index contributed by atoms with van der Waals surface area (Å²) < 4.78 is 31.8. The first-order chi connectivity index (χ1) is 20.8. The summed E-state index contributed by atoms with van der Waals surface area (Å²) >= 11 is 0. The smallest absolute Gasteiger partial charge is 0.266 e. The molecule has 0 aliphatic carbocycles. The van der Waals surface area contributed by atoms with Crippen LogP contribution < -0.4 is 0 Å². The average Bonchev–Trinajstić information content (AvgIpc) is 2.97. The Balaban J connectivity index is 3.97. The summed E-state index contributed by atoms with van der Waals surface area (Å²) in [5.41, 5.74) is 0. The van der Waals surface area contributed by atoms with E-state index in [0.29, 0.717) is 12.8 Å². The average molecular weight is 632 g/mol. The largest absolute Gasteiger partial charge is 0.391 e. The molecule has 1 atom stereocenters. The molecule has 258 valence electrons. The summed E-state index contributed by atoms with van der Waals surface area (Å²) in [7, 11) is -4.16. The van der Waals surface area contributed by atoms with Crippen molar-refractivity contribution in [3.05, 3.63) is 0 Å². The maximum Gasteiger partial charge on any atom is 0.266 e. The Morgan fingerprint density at radius 1 is 0.558 bits per heavy atom. The standard InChI is InChI=1S/C36H73NO5S/c1-3-5-7-9-11-13-15-17-19-20-22-24-26-28-30-35(38)34-37(32-33-43(40,41)42)36(39)31-29-27-25-23-21-18-16-14-12-10-8-6-4-2/h35,38H,3-34H2,1-2H3,(H,40,41,42). The van der Waals surface area contributed by atoms with Crippen LogP contribution >= 0.6 is 0 Å². The SMILES string of the molecule is CCCCCCCCCCCCCCCCC(O)CN(CCS(=O)(=O)O)C(=O)CCCCCCCCCCCCCCC. The minimum atomic E-state index is -4.16. The van der Waals surface area contributed by atoms with E-state index in [-0.39, 0.29) is 19.0 Å². The Morgan fingerprint density at radius 2 is 0.884 bits per heavy atom. The zero-order valence-corrected chi connectivity index (χ0v) is 29.5. The van der Waals surface area contributed by atoms with Gasteiger partial charge in [0.15, 0.2) is 0 Å². The van der Waals surface area contributed by atoms with Crippen molar-refractivity contribution in [2.45, 2.75) is 206 Å². The molecule has 0 aromatic heterocycles. The van der Waals surface area contributed by atoms with Gasteiger partial charge in [-0.15, -0.1) is 0 Å². The third-order valence-electron chi connectivity index (χ3n) is 8.79. The van der Waals surface area contributed by atoms with E-state index in [9.17, 15) is 22.9 Å². The Labute approximate surface area is 268 Å². The van der Waals surface area contributed by atoms with E-state index in [1.54, 1.807) is 0 Å². The van der Waals surface area contributed by atoms with Gasteiger partial charge < -0.3 is 10.0 Å².